The Morgan fingerprint density at radius 1 is 0.953 bits per heavy atom. The van der Waals surface area contributed by atoms with Crippen LogP contribution in [0.2, 0.25) is 10.0 Å². The van der Waals surface area contributed by atoms with Gasteiger partial charge in [0.05, 0.1) is 27.0 Å². The molecule has 15 heteroatoms. The van der Waals surface area contributed by atoms with E-state index in [1.807, 2.05) is 0 Å². The lowest BCUT2D eigenvalue weighted by Gasteiger charge is -2.10. The molecule has 3 aromatic carbocycles. The predicted octanol–water partition coefficient (Wildman–Crippen LogP) is 7.00. The quantitative estimate of drug-likeness (QED) is 0.104. The highest BCUT2D eigenvalue weighted by Crippen LogP contribution is 2.37. The van der Waals surface area contributed by atoms with Crippen LogP contribution in [-0.4, -0.2) is 30.7 Å². The molecular formula is C28H14Cl2N6O7. The van der Waals surface area contributed by atoms with Crippen LogP contribution >= 0.6 is 23.2 Å². The van der Waals surface area contributed by atoms with Gasteiger partial charge in [0.1, 0.15) is 11.8 Å². The zero-order valence-electron chi connectivity index (χ0n) is 21.4. The lowest BCUT2D eigenvalue weighted by atomic mass is 10.2. The summed E-state index contributed by atoms with van der Waals surface area (Å²) in [6.07, 6.45) is 2.08. The van der Waals surface area contributed by atoms with Gasteiger partial charge in [-0.3, -0.25) is 25.0 Å². The topological polar surface area (TPSA) is 169 Å². The van der Waals surface area contributed by atoms with E-state index in [2.05, 4.69) is 15.1 Å². The second kappa shape index (κ2) is 11.0. The molecule has 0 atom stereocenters. The molecule has 0 bridgehead atoms. The van der Waals surface area contributed by atoms with E-state index in [-0.39, 0.29) is 44.9 Å². The fourth-order valence-corrected chi connectivity index (χ4v) is 4.62. The van der Waals surface area contributed by atoms with Crippen molar-refractivity contribution < 1.29 is 19.0 Å². The number of ether oxygens (including phenoxy) is 1. The van der Waals surface area contributed by atoms with Crippen LogP contribution in [0.3, 0.4) is 0 Å². The molecule has 13 nitrogen and oxygen atoms in total. The van der Waals surface area contributed by atoms with E-state index < -0.39 is 21.1 Å². The highest BCUT2D eigenvalue weighted by molar-refractivity contribution is 6.31. The van der Waals surface area contributed by atoms with Gasteiger partial charge in [0, 0.05) is 39.2 Å². The van der Waals surface area contributed by atoms with Gasteiger partial charge in [-0.25, -0.2) is 9.97 Å². The van der Waals surface area contributed by atoms with Gasteiger partial charge in [0.2, 0.25) is 17.5 Å². The van der Waals surface area contributed by atoms with Crippen LogP contribution in [0.4, 0.5) is 11.4 Å². The van der Waals surface area contributed by atoms with Crippen LogP contribution in [0.25, 0.3) is 33.5 Å². The molecule has 3 aromatic heterocycles. The van der Waals surface area contributed by atoms with E-state index in [1.165, 1.54) is 12.1 Å². The number of furan rings is 1. The summed E-state index contributed by atoms with van der Waals surface area (Å²) >= 11 is 12.3. The third-order valence-electron chi connectivity index (χ3n) is 6.16. The molecule has 0 spiro atoms. The lowest BCUT2D eigenvalue weighted by Crippen LogP contribution is -2.20. The normalized spacial score (nSPS) is 11.4. The van der Waals surface area contributed by atoms with Crippen molar-refractivity contribution in [2.24, 2.45) is 5.10 Å². The van der Waals surface area contributed by atoms with E-state index in [4.69, 9.17) is 32.4 Å². The molecule has 0 amide bonds. The van der Waals surface area contributed by atoms with Crippen LogP contribution < -0.4 is 10.3 Å². The average Bonchev–Trinajstić information content (AvgIpc) is 3.41. The third kappa shape index (κ3) is 5.37. The summed E-state index contributed by atoms with van der Waals surface area (Å²) in [6.45, 7) is 0. The molecule has 0 aliphatic heterocycles. The Bertz CT molecular complexity index is 2180. The van der Waals surface area contributed by atoms with E-state index in [9.17, 15) is 25.0 Å². The minimum Gasteiger partial charge on any atom is -0.453 e. The summed E-state index contributed by atoms with van der Waals surface area (Å²) in [7, 11) is 0. The third-order valence-corrected chi connectivity index (χ3v) is 6.62. The van der Waals surface area contributed by atoms with Crippen LogP contribution in [0.15, 0.2) is 93.3 Å². The Labute approximate surface area is 249 Å². The van der Waals surface area contributed by atoms with E-state index in [1.54, 1.807) is 48.5 Å². The van der Waals surface area contributed by atoms with Gasteiger partial charge < -0.3 is 9.15 Å². The van der Waals surface area contributed by atoms with E-state index in [0.717, 1.165) is 29.2 Å². The first kappa shape index (κ1) is 27.5. The fraction of sp³-hybridized carbons (Fsp3) is 0. The predicted molar refractivity (Wildman–Crippen MR) is 158 cm³/mol. The molecule has 0 fully saturated rings. The Kier molecular flexibility index (Phi) is 7.01. The first-order valence-corrected chi connectivity index (χ1v) is 13.0. The number of aromatic nitrogens is 3. The molecular weight excluding hydrogens is 603 g/mol. The zero-order valence-corrected chi connectivity index (χ0v) is 22.9. The van der Waals surface area contributed by atoms with E-state index in [0.29, 0.717) is 21.5 Å². The van der Waals surface area contributed by atoms with Crippen LogP contribution in [0, 0.1) is 20.2 Å². The SMILES string of the molecule is O=c1c2ccccc2nc(-c2cc3cc(Cl)ccc3o2)n1N=Cc1cc(Cl)cc([N+](=O)[O-])c1Oc1ccc([N+](=O)[O-])cn1. The summed E-state index contributed by atoms with van der Waals surface area (Å²) in [5, 5.41) is 28.6. The zero-order chi connectivity index (χ0) is 30.2. The van der Waals surface area contributed by atoms with Crippen LogP contribution in [0.1, 0.15) is 5.56 Å². The van der Waals surface area contributed by atoms with Crippen molar-refractivity contribution >= 4 is 62.7 Å². The molecule has 0 aliphatic carbocycles. The molecule has 0 aliphatic rings. The maximum atomic E-state index is 13.6. The van der Waals surface area contributed by atoms with E-state index >= 15 is 0 Å². The number of hydrogen-bond acceptors (Lipinski definition) is 10. The molecule has 6 rings (SSSR count). The van der Waals surface area contributed by atoms with Crippen molar-refractivity contribution in [1.82, 2.24) is 14.6 Å². The van der Waals surface area contributed by atoms with Gasteiger partial charge in [-0.05, 0) is 42.5 Å². The van der Waals surface area contributed by atoms with Crippen molar-refractivity contribution in [2.75, 3.05) is 0 Å². The summed E-state index contributed by atoms with van der Waals surface area (Å²) in [5.41, 5.74) is -0.503. The van der Waals surface area contributed by atoms with Crippen molar-refractivity contribution in [3.8, 4) is 23.2 Å². The number of fused-ring (bicyclic) bond motifs is 2. The summed E-state index contributed by atoms with van der Waals surface area (Å²) in [6, 6.07) is 18.0. The Morgan fingerprint density at radius 2 is 1.77 bits per heavy atom. The second-order valence-corrected chi connectivity index (χ2v) is 9.79. The average molecular weight is 617 g/mol. The van der Waals surface area contributed by atoms with Crippen LogP contribution in [0.5, 0.6) is 11.6 Å². The lowest BCUT2D eigenvalue weighted by molar-refractivity contribution is -0.385. The molecule has 0 saturated carbocycles. The molecule has 6 aromatic rings. The van der Waals surface area contributed by atoms with Crippen LogP contribution in [-0.2, 0) is 0 Å². The highest BCUT2D eigenvalue weighted by Gasteiger charge is 2.23. The molecule has 43 heavy (non-hydrogen) atoms. The smallest absolute Gasteiger partial charge is 0.313 e. The first-order chi connectivity index (χ1) is 20.7. The van der Waals surface area contributed by atoms with Crippen molar-refractivity contribution in [3.05, 3.63) is 125 Å². The van der Waals surface area contributed by atoms with Gasteiger partial charge in [0.25, 0.3) is 11.2 Å². The second-order valence-electron chi connectivity index (χ2n) is 8.92. The number of hydrogen-bond donors (Lipinski definition) is 0. The minimum atomic E-state index is -0.724. The standard InChI is InChI=1S/C28H14Cl2N6O7/c29-17-5-7-23-15(9-17)11-24(42-23)27-33-21-4-2-1-3-20(21)28(37)34(27)32-13-16-10-18(30)12-22(36(40)41)26(16)43-25-8-6-19(14-31-25)35(38)39/h1-14H. The number of halogens is 2. The highest BCUT2D eigenvalue weighted by atomic mass is 35.5. The Balaban J connectivity index is 1.52. The van der Waals surface area contributed by atoms with Gasteiger partial charge in [0.15, 0.2) is 5.76 Å². The van der Waals surface area contributed by atoms with Crippen molar-refractivity contribution in [1.29, 1.82) is 0 Å². The minimum absolute atomic E-state index is 0.00162. The Hall–Kier alpha value is -5.66. The number of benzene rings is 3. The summed E-state index contributed by atoms with van der Waals surface area (Å²) in [5.74, 6) is -0.234. The Morgan fingerprint density at radius 3 is 2.51 bits per heavy atom. The number of nitro groups is 2. The fourth-order valence-electron chi connectivity index (χ4n) is 4.22. The number of pyridine rings is 1. The van der Waals surface area contributed by atoms with Crippen molar-refractivity contribution in [2.45, 2.75) is 0 Å². The largest absolute Gasteiger partial charge is 0.453 e. The molecule has 0 saturated heterocycles. The number of nitro benzene ring substituents is 1. The molecule has 0 unspecified atom stereocenters. The molecule has 212 valence electrons. The number of nitrogens with zero attached hydrogens (tertiary/aromatic N) is 6. The maximum Gasteiger partial charge on any atom is 0.313 e. The maximum absolute atomic E-state index is 13.6. The molecule has 3 heterocycles. The summed E-state index contributed by atoms with van der Waals surface area (Å²) in [4.78, 5) is 43.6. The number of rotatable bonds is 7. The monoisotopic (exact) mass is 616 g/mol. The van der Waals surface area contributed by atoms with Gasteiger partial charge in [-0.2, -0.15) is 9.78 Å². The van der Waals surface area contributed by atoms with Gasteiger partial charge in [-0.1, -0.05) is 35.3 Å². The molecule has 0 N–H and O–H groups in total. The summed E-state index contributed by atoms with van der Waals surface area (Å²) < 4.78 is 12.6. The molecule has 0 radical (unpaired) electrons. The van der Waals surface area contributed by atoms with Gasteiger partial charge in [-0.15, -0.1) is 0 Å². The van der Waals surface area contributed by atoms with Gasteiger partial charge >= 0.3 is 5.69 Å². The first-order valence-electron chi connectivity index (χ1n) is 12.2. The van der Waals surface area contributed by atoms with Crippen molar-refractivity contribution in [3.63, 3.8) is 0 Å². The number of para-hydroxylation sites is 1.